The number of methoxy groups -OCH3 is 1. The third-order valence-electron chi connectivity index (χ3n) is 1.60. The highest BCUT2D eigenvalue weighted by atomic mass is 32.1. The van der Waals surface area contributed by atoms with Gasteiger partial charge in [-0.15, -0.1) is 0 Å². The van der Waals surface area contributed by atoms with Crippen molar-refractivity contribution in [2.75, 3.05) is 37.9 Å². The van der Waals surface area contributed by atoms with Gasteiger partial charge in [0, 0.05) is 32.2 Å². The van der Waals surface area contributed by atoms with Gasteiger partial charge in [0.25, 0.3) is 0 Å². The molecule has 3 N–H and O–H groups in total. The molecule has 0 amide bonds. The Morgan fingerprint density at radius 2 is 2.43 bits per heavy atom. The van der Waals surface area contributed by atoms with Gasteiger partial charge in [-0.2, -0.15) is 9.36 Å². The van der Waals surface area contributed by atoms with E-state index in [0.29, 0.717) is 18.3 Å². The molecule has 1 aromatic heterocycles. The number of nitrogens with two attached hydrogens (primary N) is 1. The number of likely N-dealkylation sites (N-methyl/N-ethyl adjacent to an activating group) is 1. The lowest BCUT2D eigenvalue weighted by atomic mass is 10.3. The van der Waals surface area contributed by atoms with Crippen molar-refractivity contribution < 1.29 is 9.84 Å². The zero-order chi connectivity index (χ0) is 10.6. The molecular weight excluding hydrogens is 204 g/mol. The molecule has 0 saturated heterocycles. The fraction of sp³-hybridized carbons (Fsp3) is 0.714. The summed E-state index contributed by atoms with van der Waals surface area (Å²) >= 11 is 1.21. The highest BCUT2D eigenvalue weighted by Crippen LogP contribution is 2.16. The minimum atomic E-state index is -0.532. The summed E-state index contributed by atoms with van der Waals surface area (Å²) in [7, 11) is 3.37. The van der Waals surface area contributed by atoms with E-state index in [4.69, 9.17) is 10.5 Å². The van der Waals surface area contributed by atoms with E-state index in [1.54, 1.807) is 12.0 Å². The molecule has 0 bridgehead atoms. The Morgan fingerprint density at radius 3 is 2.93 bits per heavy atom. The van der Waals surface area contributed by atoms with Crippen LogP contribution in [0.3, 0.4) is 0 Å². The summed E-state index contributed by atoms with van der Waals surface area (Å²) in [6, 6.07) is 0. The van der Waals surface area contributed by atoms with Crippen molar-refractivity contribution in [2.45, 2.75) is 6.10 Å². The Morgan fingerprint density at radius 1 is 1.71 bits per heavy atom. The van der Waals surface area contributed by atoms with Crippen LogP contribution in [0.4, 0.5) is 11.1 Å². The van der Waals surface area contributed by atoms with Crippen LogP contribution >= 0.6 is 11.5 Å². The molecule has 1 rings (SSSR count). The summed E-state index contributed by atoms with van der Waals surface area (Å²) in [5.41, 5.74) is 5.38. The van der Waals surface area contributed by atoms with Crippen molar-refractivity contribution >= 4 is 22.6 Å². The number of aliphatic hydroxyl groups is 1. The summed E-state index contributed by atoms with van der Waals surface area (Å²) in [5, 5.41) is 10.1. The molecular formula is C7H14N4O2S. The molecule has 0 aliphatic heterocycles. The van der Waals surface area contributed by atoms with Gasteiger partial charge in [0.05, 0.1) is 12.7 Å². The molecule has 1 atom stereocenters. The molecule has 80 valence electrons. The van der Waals surface area contributed by atoms with Crippen LogP contribution in [0.15, 0.2) is 0 Å². The van der Waals surface area contributed by atoms with E-state index < -0.39 is 6.10 Å². The molecule has 0 saturated carbocycles. The van der Waals surface area contributed by atoms with E-state index in [-0.39, 0.29) is 5.95 Å². The predicted octanol–water partition coefficient (Wildman–Crippen LogP) is -0.436. The van der Waals surface area contributed by atoms with Crippen molar-refractivity contribution in [3.05, 3.63) is 0 Å². The number of rotatable bonds is 5. The maximum absolute atomic E-state index is 9.45. The summed E-state index contributed by atoms with van der Waals surface area (Å²) in [4.78, 5) is 5.77. The third-order valence-corrected chi connectivity index (χ3v) is 2.45. The lowest BCUT2D eigenvalue weighted by Crippen LogP contribution is -2.31. The quantitative estimate of drug-likeness (QED) is 0.697. The topological polar surface area (TPSA) is 84.5 Å². The lowest BCUT2D eigenvalue weighted by molar-refractivity contribution is 0.0695. The highest BCUT2D eigenvalue weighted by molar-refractivity contribution is 7.09. The number of anilines is 2. The fourth-order valence-corrected chi connectivity index (χ4v) is 1.59. The Kier molecular flexibility index (Phi) is 4.05. The van der Waals surface area contributed by atoms with Gasteiger partial charge in [0.2, 0.25) is 11.1 Å². The number of aromatic nitrogens is 2. The molecule has 7 heteroatoms. The molecule has 1 aromatic rings. The molecule has 6 nitrogen and oxygen atoms in total. The first-order valence-corrected chi connectivity index (χ1v) is 4.88. The molecule has 0 aromatic carbocycles. The van der Waals surface area contributed by atoms with Crippen molar-refractivity contribution in [2.24, 2.45) is 0 Å². The van der Waals surface area contributed by atoms with E-state index in [9.17, 15) is 5.11 Å². The summed E-state index contributed by atoms with van der Waals surface area (Å²) < 4.78 is 8.66. The number of hydrogen-bond acceptors (Lipinski definition) is 7. The molecule has 0 fully saturated rings. The fourth-order valence-electron chi connectivity index (χ4n) is 1.02. The molecule has 14 heavy (non-hydrogen) atoms. The first kappa shape index (κ1) is 11.2. The minimum absolute atomic E-state index is 0.262. The van der Waals surface area contributed by atoms with Gasteiger partial charge < -0.3 is 20.5 Å². The van der Waals surface area contributed by atoms with Gasteiger partial charge in [-0.05, 0) is 0 Å². The first-order chi connectivity index (χ1) is 6.63. The van der Waals surface area contributed by atoms with Crippen molar-refractivity contribution in [3.63, 3.8) is 0 Å². The van der Waals surface area contributed by atoms with Gasteiger partial charge >= 0.3 is 0 Å². The lowest BCUT2D eigenvalue weighted by Gasteiger charge is -2.18. The average Bonchev–Trinajstić information content (AvgIpc) is 2.52. The molecule has 0 aliphatic rings. The van der Waals surface area contributed by atoms with Crippen LogP contribution < -0.4 is 10.6 Å². The first-order valence-electron chi connectivity index (χ1n) is 4.10. The van der Waals surface area contributed by atoms with Crippen LogP contribution in [0.1, 0.15) is 0 Å². The Labute approximate surface area is 86.5 Å². The number of nitrogens with zero attached hydrogens (tertiary/aromatic N) is 3. The normalized spacial score (nSPS) is 12.8. The van der Waals surface area contributed by atoms with Gasteiger partial charge in [-0.1, -0.05) is 0 Å². The van der Waals surface area contributed by atoms with E-state index >= 15 is 0 Å². The van der Waals surface area contributed by atoms with Crippen LogP contribution in [0, 0.1) is 0 Å². The monoisotopic (exact) mass is 218 g/mol. The third kappa shape index (κ3) is 3.09. The Bertz CT molecular complexity index is 280. The van der Waals surface area contributed by atoms with Crippen molar-refractivity contribution in [3.8, 4) is 0 Å². The molecule has 1 heterocycles. The molecule has 0 spiro atoms. The molecule has 0 radical (unpaired) electrons. The zero-order valence-corrected chi connectivity index (χ0v) is 8.99. The number of nitrogen functional groups attached to an aromatic ring is 1. The smallest absolute Gasteiger partial charge is 0.233 e. The van der Waals surface area contributed by atoms with Crippen LogP contribution in [0.2, 0.25) is 0 Å². The van der Waals surface area contributed by atoms with Gasteiger partial charge in [0.1, 0.15) is 0 Å². The van der Waals surface area contributed by atoms with E-state index in [1.165, 1.54) is 11.5 Å². The van der Waals surface area contributed by atoms with Crippen molar-refractivity contribution in [1.82, 2.24) is 9.36 Å². The second kappa shape index (κ2) is 5.08. The highest BCUT2D eigenvalue weighted by Gasteiger charge is 2.11. The van der Waals surface area contributed by atoms with Crippen LogP contribution in [0.25, 0.3) is 0 Å². The second-order valence-corrected chi connectivity index (χ2v) is 3.66. The van der Waals surface area contributed by atoms with Crippen LogP contribution in [-0.4, -0.2) is 47.9 Å². The standard InChI is InChI=1S/C7H14N4O2S/c1-11(3-5(12)4-13-2)7-9-6(8)10-14-7/h5,12H,3-4H2,1-2H3,(H2,8,10). The second-order valence-electron chi connectivity index (χ2n) is 2.92. The van der Waals surface area contributed by atoms with E-state index in [2.05, 4.69) is 9.36 Å². The number of aliphatic hydroxyl groups excluding tert-OH is 1. The van der Waals surface area contributed by atoms with Crippen LogP contribution in [0.5, 0.6) is 0 Å². The minimum Gasteiger partial charge on any atom is -0.389 e. The van der Waals surface area contributed by atoms with Gasteiger partial charge in [-0.25, -0.2) is 0 Å². The Hall–Kier alpha value is -0.920. The van der Waals surface area contributed by atoms with Crippen molar-refractivity contribution in [1.29, 1.82) is 0 Å². The largest absolute Gasteiger partial charge is 0.389 e. The van der Waals surface area contributed by atoms with Crippen LogP contribution in [-0.2, 0) is 4.74 Å². The molecule has 0 aliphatic carbocycles. The Balaban J connectivity index is 2.45. The predicted molar refractivity (Wildman–Crippen MR) is 55.5 cm³/mol. The number of ether oxygens (including phenoxy) is 1. The average molecular weight is 218 g/mol. The van der Waals surface area contributed by atoms with E-state index in [1.807, 2.05) is 7.05 Å². The maximum Gasteiger partial charge on any atom is 0.233 e. The number of hydrogen-bond donors (Lipinski definition) is 2. The van der Waals surface area contributed by atoms with Gasteiger partial charge in [0.15, 0.2) is 0 Å². The molecule has 1 unspecified atom stereocenters. The summed E-state index contributed by atoms with van der Waals surface area (Å²) in [5.74, 6) is 0.262. The van der Waals surface area contributed by atoms with Gasteiger partial charge in [-0.3, -0.25) is 0 Å². The SMILES string of the molecule is COCC(O)CN(C)c1nc(N)ns1. The van der Waals surface area contributed by atoms with E-state index in [0.717, 1.165) is 0 Å². The summed E-state index contributed by atoms with van der Waals surface area (Å²) in [6.45, 7) is 0.751. The summed E-state index contributed by atoms with van der Waals surface area (Å²) in [6.07, 6.45) is -0.532. The zero-order valence-electron chi connectivity index (χ0n) is 8.17. The maximum atomic E-state index is 9.45.